The van der Waals surface area contributed by atoms with Gasteiger partial charge in [-0.1, -0.05) is 0 Å². The predicted octanol–water partition coefficient (Wildman–Crippen LogP) is 1.62. The van der Waals surface area contributed by atoms with Gasteiger partial charge in [0.1, 0.15) is 0 Å². The molecule has 0 aliphatic rings. The highest BCUT2D eigenvalue weighted by Crippen LogP contribution is 2.27. The van der Waals surface area contributed by atoms with Crippen molar-refractivity contribution in [2.24, 2.45) is 0 Å². The number of aromatic nitrogens is 1. The fourth-order valence-corrected chi connectivity index (χ4v) is 1.20. The summed E-state index contributed by atoms with van der Waals surface area (Å²) in [5, 5.41) is 10.6. The van der Waals surface area contributed by atoms with Crippen molar-refractivity contribution in [3.63, 3.8) is 0 Å². The van der Waals surface area contributed by atoms with Gasteiger partial charge >= 0.3 is 0 Å². The lowest BCUT2D eigenvalue weighted by Gasteiger charge is -2.04. The third-order valence-corrected chi connectivity index (χ3v) is 1.80. The standard InChI is InChI=1S/C8H10N2O3/c1-5-4-9-8(13-3)6(2)7(5)10(11)12/h4H,1-3H3. The molecule has 0 fully saturated rings. The minimum absolute atomic E-state index is 0.0758. The summed E-state index contributed by atoms with van der Waals surface area (Å²) >= 11 is 0. The molecule has 0 N–H and O–H groups in total. The fourth-order valence-electron chi connectivity index (χ4n) is 1.20. The van der Waals surface area contributed by atoms with E-state index in [1.165, 1.54) is 13.3 Å². The minimum Gasteiger partial charge on any atom is -0.481 e. The van der Waals surface area contributed by atoms with Gasteiger partial charge in [-0.3, -0.25) is 10.1 Å². The number of methoxy groups -OCH3 is 1. The molecule has 0 saturated heterocycles. The number of nitrogens with zero attached hydrogens (tertiary/aromatic N) is 2. The predicted molar refractivity (Wildman–Crippen MR) is 46.9 cm³/mol. The smallest absolute Gasteiger partial charge is 0.282 e. The summed E-state index contributed by atoms with van der Waals surface area (Å²) in [6.45, 7) is 3.27. The largest absolute Gasteiger partial charge is 0.481 e. The van der Waals surface area contributed by atoms with Crippen LogP contribution in [0.4, 0.5) is 5.69 Å². The Balaban J connectivity index is 3.38. The monoisotopic (exact) mass is 182 g/mol. The molecular weight excluding hydrogens is 172 g/mol. The van der Waals surface area contributed by atoms with Crippen LogP contribution in [0.3, 0.4) is 0 Å². The normalized spacial score (nSPS) is 9.77. The Morgan fingerprint density at radius 1 is 1.54 bits per heavy atom. The van der Waals surface area contributed by atoms with Crippen LogP contribution in [0, 0.1) is 24.0 Å². The summed E-state index contributed by atoms with van der Waals surface area (Å²) in [4.78, 5) is 14.1. The maximum absolute atomic E-state index is 10.6. The Kier molecular flexibility index (Phi) is 2.46. The SMILES string of the molecule is COc1ncc(C)c([N+](=O)[O-])c1C. The molecule has 1 rings (SSSR count). The molecule has 0 aliphatic carbocycles. The Morgan fingerprint density at radius 3 is 2.62 bits per heavy atom. The first-order valence-corrected chi connectivity index (χ1v) is 3.72. The molecule has 5 heteroatoms. The van der Waals surface area contributed by atoms with Gasteiger partial charge in [-0.05, 0) is 13.8 Å². The van der Waals surface area contributed by atoms with E-state index in [4.69, 9.17) is 4.74 Å². The minimum atomic E-state index is -0.422. The number of hydrogen-bond acceptors (Lipinski definition) is 4. The summed E-state index contributed by atoms with van der Waals surface area (Å²) in [5.41, 5.74) is 1.09. The van der Waals surface area contributed by atoms with Gasteiger partial charge in [0, 0.05) is 11.8 Å². The van der Waals surface area contributed by atoms with E-state index in [0.29, 0.717) is 17.0 Å². The highest BCUT2D eigenvalue weighted by Gasteiger charge is 2.18. The highest BCUT2D eigenvalue weighted by molar-refractivity contribution is 5.49. The van der Waals surface area contributed by atoms with E-state index >= 15 is 0 Å². The lowest BCUT2D eigenvalue weighted by atomic mass is 10.2. The van der Waals surface area contributed by atoms with Crippen LogP contribution in [-0.2, 0) is 0 Å². The lowest BCUT2D eigenvalue weighted by Crippen LogP contribution is -1.99. The van der Waals surface area contributed by atoms with Gasteiger partial charge < -0.3 is 4.74 Å². The van der Waals surface area contributed by atoms with Crippen LogP contribution in [-0.4, -0.2) is 17.0 Å². The van der Waals surface area contributed by atoms with Crippen LogP contribution >= 0.6 is 0 Å². The van der Waals surface area contributed by atoms with Gasteiger partial charge in [-0.15, -0.1) is 0 Å². The maximum atomic E-state index is 10.6. The van der Waals surface area contributed by atoms with Crippen molar-refractivity contribution in [1.82, 2.24) is 4.98 Å². The number of rotatable bonds is 2. The topological polar surface area (TPSA) is 65.3 Å². The molecule has 0 spiro atoms. The van der Waals surface area contributed by atoms with Crippen LogP contribution in [0.2, 0.25) is 0 Å². The van der Waals surface area contributed by atoms with Crippen molar-refractivity contribution >= 4 is 5.69 Å². The van der Waals surface area contributed by atoms with Crippen molar-refractivity contribution in [1.29, 1.82) is 0 Å². The molecule has 1 heterocycles. The number of hydrogen-bond donors (Lipinski definition) is 0. The molecule has 1 aromatic heterocycles. The second-order valence-electron chi connectivity index (χ2n) is 2.68. The second kappa shape index (κ2) is 3.38. The van der Waals surface area contributed by atoms with Crippen LogP contribution in [0.25, 0.3) is 0 Å². The third kappa shape index (κ3) is 1.58. The molecule has 0 unspecified atom stereocenters. The average molecular weight is 182 g/mol. The average Bonchev–Trinajstić information content (AvgIpc) is 2.04. The number of aryl methyl sites for hydroxylation is 1. The molecular formula is C8H10N2O3. The Bertz CT molecular complexity index is 349. The summed E-state index contributed by atoms with van der Waals surface area (Å²) in [5.74, 6) is 0.303. The first kappa shape index (κ1) is 9.44. The first-order valence-electron chi connectivity index (χ1n) is 3.72. The van der Waals surface area contributed by atoms with Crippen molar-refractivity contribution in [2.75, 3.05) is 7.11 Å². The zero-order valence-corrected chi connectivity index (χ0v) is 7.70. The van der Waals surface area contributed by atoms with Gasteiger partial charge in [0.15, 0.2) is 0 Å². The Labute approximate surface area is 75.5 Å². The molecule has 0 amide bonds. The lowest BCUT2D eigenvalue weighted by molar-refractivity contribution is -0.386. The molecule has 0 aliphatic heterocycles. The van der Waals surface area contributed by atoms with Crippen LogP contribution in [0.5, 0.6) is 5.88 Å². The zero-order chi connectivity index (χ0) is 10.0. The van der Waals surface area contributed by atoms with Gasteiger partial charge in [-0.25, -0.2) is 4.98 Å². The highest BCUT2D eigenvalue weighted by atomic mass is 16.6. The van der Waals surface area contributed by atoms with Gasteiger partial charge in [0.25, 0.3) is 5.69 Å². The molecule has 0 bridgehead atoms. The van der Waals surface area contributed by atoms with Crippen LogP contribution in [0.1, 0.15) is 11.1 Å². The molecule has 70 valence electrons. The molecule has 0 saturated carbocycles. The van der Waals surface area contributed by atoms with Crippen molar-refractivity contribution in [2.45, 2.75) is 13.8 Å². The van der Waals surface area contributed by atoms with E-state index in [9.17, 15) is 10.1 Å². The molecule has 0 atom stereocenters. The molecule has 5 nitrogen and oxygen atoms in total. The van der Waals surface area contributed by atoms with Crippen LogP contribution < -0.4 is 4.74 Å². The fraction of sp³-hybridized carbons (Fsp3) is 0.375. The summed E-state index contributed by atoms with van der Waals surface area (Å²) in [6.07, 6.45) is 1.43. The third-order valence-electron chi connectivity index (χ3n) is 1.80. The Hall–Kier alpha value is -1.65. The zero-order valence-electron chi connectivity index (χ0n) is 7.70. The van der Waals surface area contributed by atoms with E-state index in [0.717, 1.165) is 0 Å². The Morgan fingerprint density at radius 2 is 2.15 bits per heavy atom. The van der Waals surface area contributed by atoms with Gasteiger partial charge in [0.05, 0.1) is 17.6 Å². The molecule has 0 aromatic carbocycles. The quantitative estimate of drug-likeness (QED) is 0.514. The molecule has 13 heavy (non-hydrogen) atoms. The first-order chi connectivity index (χ1) is 6.07. The van der Waals surface area contributed by atoms with Gasteiger partial charge in [-0.2, -0.15) is 0 Å². The number of ether oxygens (including phenoxy) is 1. The van der Waals surface area contributed by atoms with Crippen molar-refractivity contribution < 1.29 is 9.66 Å². The summed E-state index contributed by atoms with van der Waals surface area (Å²) in [7, 11) is 1.44. The number of pyridine rings is 1. The van der Waals surface area contributed by atoms with E-state index in [-0.39, 0.29) is 5.69 Å². The van der Waals surface area contributed by atoms with E-state index < -0.39 is 4.92 Å². The molecule has 1 aromatic rings. The van der Waals surface area contributed by atoms with Crippen molar-refractivity contribution in [3.8, 4) is 5.88 Å². The van der Waals surface area contributed by atoms with E-state index in [1.807, 2.05) is 0 Å². The van der Waals surface area contributed by atoms with E-state index in [2.05, 4.69) is 4.98 Å². The van der Waals surface area contributed by atoms with Crippen LogP contribution in [0.15, 0.2) is 6.20 Å². The number of nitro groups is 1. The van der Waals surface area contributed by atoms with Crippen molar-refractivity contribution in [3.05, 3.63) is 27.4 Å². The summed E-state index contributed by atoms with van der Waals surface area (Å²) < 4.78 is 4.88. The summed E-state index contributed by atoms with van der Waals surface area (Å²) in [6, 6.07) is 0. The second-order valence-corrected chi connectivity index (χ2v) is 2.68. The molecule has 0 radical (unpaired) electrons. The van der Waals surface area contributed by atoms with Gasteiger partial charge in [0.2, 0.25) is 5.88 Å². The maximum Gasteiger partial charge on any atom is 0.282 e. The van der Waals surface area contributed by atoms with E-state index in [1.54, 1.807) is 13.8 Å².